The lowest BCUT2D eigenvalue weighted by atomic mass is 10.1. The van der Waals surface area contributed by atoms with Gasteiger partial charge in [0.25, 0.3) is 0 Å². The molecule has 2 aromatic rings. The van der Waals surface area contributed by atoms with E-state index in [1.807, 2.05) is 30.1 Å². The summed E-state index contributed by atoms with van der Waals surface area (Å²) in [6.07, 6.45) is 0. The minimum absolute atomic E-state index is 0.0938. The first kappa shape index (κ1) is 16.8. The number of likely N-dealkylation sites (N-methyl/N-ethyl adjacent to an activating group) is 1. The Morgan fingerprint density at radius 3 is 2.45 bits per heavy atom. The molecule has 116 valence electrons. The van der Waals surface area contributed by atoms with E-state index in [0.29, 0.717) is 15.7 Å². The Bertz CT molecular complexity index is 646. The Kier molecular flexibility index (Phi) is 5.83. The molecule has 1 atom stereocenters. The van der Waals surface area contributed by atoms with Crippen molar-refractivity contribution in [1.29, 1.82) is 0 Å². The van der Waals surface area contributed by atoms with Crippen LogP contribution in [0.3, 0.4) is 0 Å². The minimum atomic E-state index is -0.0938. The molecule has 22 heavy (non-hydrogen) atoms. The van der Waals surface area contributed by atoms with Gasteiger partial charge >= 0.3 is 0 Å². The highest BCUT2D eigenvalue weighted by atomic mass is 35.5. The number of carbonyl (C=O) groups is 1. The summed E-state index contributed by atoms with van der Waals surface area (Å²) in [5.41, 5.74) is 1.81. The molecule has 0 aromatic heterocycles. The lowest BCUT2D eigenvalue weighted by Gasteiger charge is -2.24. The van der Waals surface area contributed by atoms with Gasteiger partial charge in [0, 0.05) is 11.7 Å². The van der Waals surface area contributed by atoms with Gasteiger partial charge in [0.1, 0.15) is 0 Å². The molecule has 0 unspecified atom stereocenters. The van der Waals surface area contributed by atoms with Gasteiger partial charge < -0.3 is 5.32 Å². The third-order valence-corrected chi connectivity index (χ3v) is 4.28. The molecular weight excluding hydrogens is 319 g/mol. The fraction of sp³-hybridized carbons (Fsp3) is 0.235. The number of carbonyl (C=O) groups excluding carboxylic acids is 1. The molecule has 0 fully saturated rings. The van der Waals surface area contributed by atoms with E-state index < -0.39 is 0 Å². The van der Waals surface area contributed by atoms with Gasteiger partial charge in [0.05, 0.1) is 16.6 Å². The SMILES string of the molecule is C[C@H](c1ccccc1)N(C)CC(=O)Nc1ccc(Cl)c(Cl)c1. The Balaban J connectivity index is 1.95. The van der Waals surface area contributed by atoms with Crippen molar-refractivity contribution in [2.24, 2.45) is 0 Å². The smallest absolute Gasteiger partial charge is 0.238 e. The van der Waals surface area contributed by atoms with E-state index in [4.69, 9.17) is 23.2 Å². The molecule has 0 radical (unpaired) electrons. The van der Waals surface area contributed by atoms with E-state index in [1.165, 1.54) is 5.56 Å². The molecular formula is C17H18Cl2N2O. The monoisotopic (exact) mass is 336 g/mol. The van der Waals surface area contributed by atoms with Gasteiger partial charge in [0.15, 0.2) is 0 Å². The maximum Gasteiger partial charge on any atom is 0.238 e. The summed E-state index contributed by atoms with van der Waals surface area (Å²) in [7, 11) is 1.92. The molecule has 0 heterocycles. The number of halogens is 2. The summed E-state index contributed by atoms with van der Waals surface area (Å²) in [6, 6.07) is 15.3. The zero-order valence-electron chi connectivity index (χ0n) is 12.5. The fourth-order valence-corrected chi connectivity index (χ4v) is 2.42. The highest BCUT2D eigenvalue weighted by Crippen LogP contribution is 2.25. The van der Waals surface area contributed by atoms with Crippen LogP contribution in [0.15, 0.2) is 48.5 Å². The maximum atomic E-state index is 12.1. The largest absolute Gasteiger partial charge is 0.325 e. The average Bonchev–Trinajstić information content (AvgIpc) is 2.51. The summed E-state index contributed by atoms with van der Waals surface area (Å²) in [5.74, 6) is -0.0938. The highest BCUT2D eigenvalue weighted by molar-refractivity contribution is 6.42. The molecule has 2 rings (SSSR count). The van der Waals surface area contributed by atoms with Crippen molar-refractivity contribution >= 4 is 34.8 Å². The number of anilines is 1. The second-order valence-electron chi connectivity index (χ2n) is 5.18. The van der Waals surface area contributed by atoms with Gasteiger partial charge in [-0.3, -0.25) is 9.69 Å². The van der Waals surface area contributed by atoms with Crippen LogP contribution in [0, 0.1) is 0 Å². The standard InChI is InChI=1S/C17H18Cl2N2O/c1-12(13-6-4-3-5-7-13)21(2)11-17(22)20-14-8-9-15(18)16(19)10-14/h3-10,12H,11H2,1-2H3,(H,20,22)/t12-/m1/s1. The molecule has 0 aliphatic carbocycles. The van der Waals surface area contributed by atoms with Gasteiger partial charge in [-0.1, -0.05) is 53.5 Å². The Hall–Kier alpha value is -1.55. The molecule has 0 saturated heterocycles. The van der Waals surface area contributed by atoms with Crippen LogP contribution in [0.1, 0.15) is 18.5 Å². The van der Waals surface area contributed by atoms with Gasteiger partial charge in [-0.25, -0.2) is 0 Å². The van der Waals surface area contributed by atoms with Crippen LogP contribution in [-0.2, 0) is 4.79 Å². The average molecular weight is 337 g/mol. The number of nitrogens with zero attached hydrogens (tertiary/aromatic N) is 1. The minimum Gasteiger partial charge on any atom is -0.325 e. The summed E-state index contributed by atoms with van der Waals surface area (Å²) in [5, 5.41) is 3.71. The number of hydrogen-bond donors (Lipinski definition) is 1. The summed E-state index contributed by atoms with van der Waals surface area (Å²) < 4.78 is 0. The van der Waals surface area contributed by atoms with Crippen molar-refractivity contribution in [3.8, 4) is 0 Å². The molecule has 0 aliphatic heterocycles. The molecule has 1 amide bonds. The van der Waals surface area contributed by atoms with Crippen LogP contribution in [0.2, 0.25) is 10.0 Å². The van der Waals surface area contributed by atoms with Crippen molar-refractivity contribution in [3.63, 3.8) is 0 Å². The predicted molar refractivity (Wildman–Crippen MR) is 92.6 cm³/mol. The predicted octanol–water partition coefficient (Wildman–Crippen LogP) is 4.62. The molecule has 3 nitrogen and oxygen atoms in total. The number of rotatable bonds is 5. The van der Waals surface area contributed by atoms with Gasteiger partial charge in [-0.2, -0.15) is 0 Å². The topological polar surface area (TPSA) is 32.3 Å². The fourth-order valence-electron chi connectivity index (χ4n) is 2.12. The van der Waals surface area contributed by atoms with Gasteiger partial charge in [-0.15, -0.1) is 0 Å². The van der Waals surface area contributed by atoms with E-state index in [2.05, 4.69) is 24.4 Å². The first-order valence-electron chi connectivity index (χ1n) is 6.97. The quantitative estimate of drug-likeness (QED) is 0.863. The zero-order valence-corrected chi connectivity index (χ0v) is 14.0. The summed E-state index contributed by atoms with van der Waals surface area (Å²) >= 11 is 11.8. The van der Waals surface area contributed by atoms with E-state index in [9.17, 15) is 4.79 Å². The van der Waals surface area contributed by atoms with E-state index >= 15 is 0 Å². The van der Waals surface area contributed by atoms with Crippen LogP contribution in [-0.4, -0.2) is 24.4 Å². The van der Waals surface area contributed by atoms with Crippen LogP contribution in [0.5, 0.6) is 0 Å². The lowest BCUT2D eigenvalue weighted by Crippen LogP contribution is -2.32. The molecule has 2 aromatic carbocycles. The van der Waals surface area contributed by atoms with Crippen molar-refractivity contribution in [1.82, 2.24) is 4.90 Å². The number of hydrogen-bond acceptors (Lipinski definition) is 2. The molecule has 0 spiro atoms. The third-order valence-electron chi connectivity index (χ3n) is 3.54. The van der Waals surface area contributed by atoms with Gasteiger partial charge in [-0.05, 0) is 37.7 Å². The Labute approximate surface area is 140 Å². The molecule has 1 N–H and O–H groups in total. The van der Waals surface area contributed by atoms with E-state index in [1.54, 1.807) is 18.2 Å². The normalized spacial score (nSPS) is 12.2. The van der Waals surface area contributed by atoms with Crippen LogP contribution < -0.4 is 5.32 Å². The molecule has 5 heteroatoms. The van der Waals surface area contributed by atoms with Crippen molar-refractivity contribution in [3.05, 3.63) is 64.1 Å². The molecule has 0 aliphatic rings. The first-order valence-corrected chi connectivity index (χ1v) is 7.73. The van der Waals surface area contributed by atoms with Crippen molar-refractivity contribution in [2.75, 3.05) is 18.9 Å². The zero-order chi connectivity index (χ0) is 16.1. The van der Waals surface area contributed by atoms with Crippen molar-refractivity contribution in [2.45, 2.75) is 13.0 Å². The van der Waals surface area contributed by atoms with E-state index in [0.717, 1.165) is 0 Å². The second kappa shape index (κ2) is 7.63. The molecule has 0 bridgehead atoms. The highest BCUT2D eigenvalue weighted by Gasteiger charge is 2.15. The number of benzene rings is 2. The number of amides is 1. The Morgan fingerprint density at radius 2 is 1.82 bits per heavy atom. The van der Waals surface area contributed by atoms with Crippen LogP contribution in [0.4, 0.5) is 5.69 Å². The van der Waals surface area contributed by atoms with Crippen LogP contribution in [0.25, 0.3) is 0 Å². The number of nitrogens with one attached hydrogen (secondary N) is 1. The third kappa shape index (κ3) is 4.47. The van der Waals surface area contributed by atoms with E-state index in [-0.39, 0.29) is 18.5 Å². The summed E-state index contributed by atoms with van der Waals surface area (Å²) in [4.78, 5) is 14.1. The second-order valence-corrected chi connectivity index (χ2v) is 5.99. The van der Waals surface area contributed by atoms with Crippen LogP contribution >= 0.6 is 23.2 Å². The summed E-state index contributed by atoms with van der Waals surface area (Å²) in [6.45, 7) is 2.36. The Morgan fingerprint density at radius 1 is 1.14 bits per heavy atom. The first-order chi connectivity index (χ1) is 10.5. The van der Waals surface area contributed by atoms with Crippen molar-refractivity contribution < 1.29 is 4.79 Å². The van der Waals surface area contributed by atoms with Gasteiger partial charge in [0.2, 0.25) is 5.91 Å². The lowest BCUT2D eigenvalue weighted by molar-refractivity contribution is -0.117. The maximum absolute atomic E-state index is 12.1. The molecule has 0 saturated carbocycles.